The minimum atomic E-state index is -0.298. The van der Waals surface area contributed by atoms with Crippen LogP contribution in [-0.2, 0) is 0 Å². The zero-order chi connectivity index (χ0) is 13.8. The number of carbonyl (C=O) groups excluding carboxylic acids is 1. The van der Waals surface area contributed by atoms with Crippen LogP contribution in [0.15, 0.2) is 46.9 Å². The number of amides is 2. The van der Waals surface area contributed by atoms with Crippen molar-refractivity contribution < 1.29 is 4.79 Å². The summed E-state index contributed by atoms with van der Waals surface area (Å²) in [5.74, 6) is 0. The van der Waals surface area contributed by atoms with Gasteiger partial charge < -0.3 is 10.6 Å². The summed E-state index contributed by atoms with van der Waals surface area (Å²) in [7, 11) is 0. The minimum Gasteiger partial charge on any atom is -0.308 e. The van der Waals surface area contributed by atoms with Gasteiger partial charge in [-0.25, -0.2) is 4.79 Å². The summed E-state index contributed by atoms with van der Waals surface area (Å²) in [5, 5.41) is 6.15. The van der Waals surface area contributed by atoms with Gasteiger partial charge in [0.25, 0.3) is 0 Å². The summed E-state index contributed by atoms with van der Waals surface area (Å²) >= 11 is 9.23. The van der Waals surface area contributed by atoms with Gasteiger partial charge in [-0.3, -0.25) is 0 Å². The van der Waals surface area contributed by atoms with Crippen molar-refractivity contribution in [3.8, 4) is 0 Å². The predicted octanol–water partition coefficient (Wildman–Crippen LogP) is 5.05. The van der Waals surface area contributed by atoms with Crippen molar-refractivity contribution in [2.75, 3.05) is 10.6 Å². The number of hydrogen-bond donors (Lipinski definition) is 2. The zero-order valence-electron chi connectivity index (χ0n) is 10.2. The van der Waals surface area contributed by atoms with Crippen LogP contribution >= 0.6 is 27.5 Å². The van der Waals surface area contributed by atoms with Crippen LogP contribution in [0.1, 0.15) is 5.56 Å². The third-order valence-corrected chi connectivity index (χ3v) is 3.85. The Bertz CT molecular complexity index is 599. The molecule has 0 radical (unpaired) electrons. The average molecular weight is 340 g/mol. The molecule has 0 aliphatic carbocycles. The molecule has 0 spiro atoms. The Kier molecular flexibility index (Phi) is 4.45. The fourth-order valence-corrected chi connectivity index (χ4v) is 2.05. The Balaban J connectivity index is 2.05. The molecule has 0 saturated heterocycles. The highest BCUT2D eigenvalue weighted by Gasteiger charge is 2.06. The third kappa shape index (κ3) is 3.72. The van der Waals surface area contributed by atoms with Gasteiger partial charge in [0, 0.05) is 15.2 Å². The summed E-state index contributed by atoms with van der Waals surface area (Å²) in [6.07, 6.45) is 0. The molecule has 3 nitrogen and oxygen atoms in total. The summed E-state index contributed by atoms with van der Waals surface area (Å²) in [6.45, 7) is 1.96. The van der Waals surface area contributed by atoms with E-state index in [9.17, 15) is 4.79 Å². The van der Waals surface area contributed by atoms with E-state index in [1.807, 2.05) is 25.1 Å². The van der Waals surface area contributed by atoms with E-state index in [1.165, 1.54) is 0 Å². The maximum atomic E-state index is 11.9. The van der Waals surface area contributed by atoms with Crippen LogP contribution in [0.2, 0.25) is 5.02 Å². The van der Waals surface area contributed by atoms with E-state index in [0.717, 1.165) is 15.7 Å². The van der Waals surface area contributed by atoms with Crippen LogP contribution in [0, 0.1) is 6.92 Å². The lowest BCUT2D eigenvalue weighted by Gasteiger charge is -2.10. The van der Waals surface area contributed by atoms with Crippen molar-refractivity contribution in [3.05, 3.63) is 57.5 Å². The third-order valence-electron chi connectivity index (χ3n) is 2.54. The number of carbonyl (C=O) groups is 1. The molecular weight excluding hydrogens is 328 g/mol. The van der Waals surface area contributed by atoms with E-state index in [-0.39, 0.29) is 6.03 Å². The molecule has 5 heteroatoms. The predicted molar refractivity (Wildman–Crippen MR) is 83.0 cm³/mol. The maximum absolute atomic E-state index is 11.9. The smallest absolute Gasteiger partial charge is 0.308 e. The summed E-state index contributed by atoms with van der Waals surface area (Å²) < 4.78 is 0.876. The molecule has 0 aliphatic rings. The quantitative estimate of drug-likeness (QED) is 0.789. The Morgan fingerprint density at radius 3 is 2.47 bits per heavy atom. The Hall–Kier alpha value is -1.52. The lowest BCUT2D eigenvalue weighted by molar-refractivity contribution is 0.262. The second kappa shape index (κ2) is 6.08. The largest absolute Gasteiger partial charge is 0.323 e. The monoisotopic (exact) mass is 338 g/mol. The van der Waals surface area contributed by atoms with Crippen molar-refractivity contribution in [1.82, 2.24) is 0 Å². The molecule has 0 aromatic heterocycles. The van der Waals surface area contributed by atoms with Crippen LogP contribution in [0.25, 0.3) is 0 Å². The van der Waals surface area contributed by atoms with Crippen LogP contribution in [0.3, 0.4) is 0 Å². The first kappa shape index (κ1) is 13.9. The van der Waals surface area contributed by atoms with E-state index < -0.39 is 0 Å². The molecule has 2 rings (SSSR count). The first-order valence-electron chi connectivity index (χ1n) is 5.65. The van der Waals surface area contributed by atoms with E-state index >= 15 is 0 Å². The lowest BCUT2D eigenvalue weighted by Crippen LogP contribution is -2.19. The van der Waals surface area contributed by atoms with Crippen molar-refractivity contribution in [2.45, 2.75) is 6.92 Å². The van der Waals surface area contributed by atoms with E-state index in [4.69, 9.17) is 11.6 Å². The number of halogens is 2. The number of urea groups is 1. The second-order valence-corrected chi connectivity index (χ2v) is 5.25. The van der Waals surface area contributed by atoms with Gasteiger partial charge in [0.15, 0.2) is 0 Å². The van der Waals surface area contributed by atoms with Crippen LogP contribution in [-0.4, -0.2) is 6.03 Å². The van der Waals surface area contributed by atoms with Gasteiger partial charge in [-0.15, -0.1) is 0 Å². The first-order chi connectivity index (χ1) is 9.06. The standard InChI is InChI=1S/C14H12BrClN2O/c1-9-3-2-4-12(13(9)15)18-14(19)17-11-7-5-10(16)6-8-11/h2-8H,1H3,(H2,17,18,19). The van der Waals surface area contributed by atoms with Gasteiger partial charge in [0.05, 0.1) is 5.69 Å². The van der Waals surface area contributed by atoms with Crippen molar-refractivity contribution in [3.63, 3.8) is 0 Å². The molecule has 0 saturated carbocycles. The van der Waals surface area contributed by atoms with Gasteiger partial charge in [-0.2, -0.15) is 0 Å². The maximum Gasteiger partial charge on any atom is 0.323 e. The Morgan fingerprint density at radius 1 is 1.11 bits per heavy atom. The highest BCUT2D eigenvalue weighted by Crippen LogP contribution is 2.25. The van der Waals surface area contributed by atoms with Gasteiger partial charge in [-0.05, 0) is 58.7 Å². The van der Waals surface area contributed by atoms with E-state index in [1.54, 1.807) is 24.3 Å². The molecular formula is C14H12BrClN2O. The van der Waals surface area contributed by atoms with Crippen molar-refractivity contribution in [2.24, 2.45) is 0 Å². The molecule has 98 valence electrons. The molecule has 2 N–H and O–H groups in total. The molecule has 0 heterocycles. The highest BCUT2D eigenvalue weighted by atomic mass is 79.9. The number of benzene rings is 2. The number of anilines is 2. The number of hydrogen-bond acceptors (Lipinski definition) is 1. The molecule has 19 heavy (non-hydrogen) atoms. The highest BCUT2D eigenvalue weighted by molar-refractivity contribution is 9.10. The molecule has 2 aromatic carbocycles. The number of aryl methyl sites for hydroxylation is 1. The topological polar surface area (TPSA) is 41.1 Å². The second-order valence-electron chi connectivity index (χ2n) is 4.02. The number of nitrogens with one attached hydrogen (secondary N) is 2. The molecule has 0 fully saturated rings. The van der Waals surface area contributed by atoms with Crippen molar-refractivity contribution in [1.29, 1.82) is 0 Å². The summed E-state index contributed by atoms with van der Waals surface area (Å²) in [4.78, 5) is 11.9. The Morgan fingerprint density at radius 2 is 1.79 bits per heavy atom. The average Bonchev–Trinajstić information content (AvgIpc) is 2.38. The van der Waals surface area contributed by atoms with Gasteiger partial charge >= 0.3 is 6.03 Å². The molecule has 2 amide bonds. The SMILES string of the molecule is Cc1cccc(NC(=O)Nc2ccc(Cl)cc2)c1Br. The van der Waals surface area contributed by atoms with Crippen LogP contribution in [0.4, 0.5) is 16.2 Å². The van der Waals surface area contributed by atoms with Crippen LogP contribution in [0.5, 0.6) is 0 Å². The zero-order valence-corrected chi connectivity index (χ0v) is 12.5. The first-order valence-corrected chi connectivity index (χ1v) is 6.82. The van der Waals surface area contributed by atoms with E-state index in [0.29, 0.717) is 10.7 Å². The molecule has 0 aliphatic heterocycles. The number of rotatable bonds is 2. The fourth-order valence-electron chi connectivity index (χ4n) is 1.56. The molecule has 0 atom stereocenters. The Labute approximate surface area is 125 Å². The molecule has 0 unspecified atom stereocenters. The van der Waals surface area contributed by atoms with Crippen LogP contribution < -0.4 is 10.6 Å². The fraction of sp³-hybridized carbons (Fsp3) is 0.0714. The molecule has 2 aromatic rings. The summed E-state index contributed by atoms with van der Waals surface area (Å²) in [5.41, 5.74) is 2.47. The summed E-state index contributed by atoms with van der Waals surface area (Å²) in [6, 6.07) is 12.3. The van der Waals surface area contributed by atoms with E-state index in [2.05, 4.69) is 26.6 Å². The van der Waals surface area contributed by atoms with Gasteiger partial charge in [0.2, 0.25) is 0 Å². The molecule has 0 bridgehead atoms. The van der Waals surface area contributed by atoms with Gasteiger partial charge in [0.1, 0.15) is 0 Å². The van der Waals surface area contributed by atoms with Gasteiger partial charge in [-0.1, -0.05) is 23.7 Å². The minimum absolute atomic E-state index is 0.298. The van der Waals surface area contributed by atoms with Crippen molar-refractivity contribution >= 4 is 44.9 Å². The normalized spacial score (nSPS) is 10.1. The lowest BCUT2D eigenvalue weighted by atomic mass is 10.2.